The number of hydrogen-bond acceptors (Lipinski definition) is 4. The number of nitrogens with zero attached hydrogens (tertiary/aromatic N) is 1. The molecule has 4 heteroatoms. The summed E-state index contributed by atoms with van der Waals surface area (Å²) >= 11 is 0. The molecule has 0 aromatic heterocycles. The van der Waals surface area contributed by atoms with Gasteiger partial charge in [-0.2, -0.15) is 0 Å². The maximum Gasteiger partial charge on any atom is 0.168 e. The molecule has 0 bridgehead atoms. The Morgan fingerprint density at radius 2 is 2.19 bits per heavy atom. The fourth-order valence-electron chi connectivity index (χ4n) is 2.33. The number of carbonyl (C=O) groups is 1. The van der Waals surface area contributed by atoms with Crippen molar-refractivity contribution in [2.75, 3.05) is 32.9 Å². The number of morpholine rings is 1. The molecule has 0 spiro atoms. The molecule has 0 saturated carbocycles. The van der Waals surface area contributed by atoms with Crippen LogP contribution in [-0.2, 0) is 14.3 Å². The molecule has 2 rings (SSSR count). The average molecular weight is 227 g/mol. The van der Waals surface area contributed by atoms with E-state index in [0.29, 0.717) is 19.3 Å². The summed E-state index contributed by atoms with van der Waals surface area (Å²) in [6.07, 6.45) is 0.628. The molecule has 92 valence electrons. The van der Waals surface area contributed by atoms with E-state index in [9.17, 15) is 4.79 Å². The van der Waals surface area contributed by atoms with Gasteiger partial charge >= 0.3 is 0 Å². The van der Waals surface area contributed by atoms with Crippen molar-refractivity contribution in [3.05, 3.63) is 0 Å². The molecule has 0 N–H and O–H groups in total. The van der Waals surface area contributed by atoms with Crippen molar-refractivity contribution in [3.63, 3.8) is 0 Å². The van der Waals surface area contributed by atoms with Gasteiger partial charge in [0.25, 0.3) is 0 Å². The Balaban J connectivity index is 1.90. The molecule has 0 amide bonds. The van der Waals surface area contributed by atoms with Crippen LogP contribution in [0.3, 0.4) is 0 Å². The van der Waals surface area contributed by atoms with Gasteiger partial charge in [0.1, 0.15) is 6.10 Å². The van der Waals surface area contributed by atoms with Crippen molar-refractivity contribution in [1.29, 1.82) is 0 Å². The summed E-state index contributed by atoms with van der Waals surface area (Å²) in [5.41, 5.74) is 0. The van der Waals surface area contributed by atoms with Crippen molar-refractivity contribution in [3.8, 4) is 0 Å². The summed E-state index contributed by atoms with van der Waals surface area (Å²) in [6.45, 7) is 7.96. The first kappa shape index (κ1) is 12.0. The Kier molecular flexibility index (Phi) is 3.95. The van der Waals surface area contributed by atoms with Crippen LogP contribution in [-0.4, -0.2) is 55.7 Å². The standard InChI is InChI=1S/C12H21NO3/c1-9(2)13-4-6-16-11(7-13)12(14)10-3-5-15-8-10/h9-11H,3-8H2,1-2H3. The van der Waals surface area contributed by atoms with E-state index in [0.717, 1.165) is 26.1 Å². The van der Waals surface area contributed by atoms with E-state index in [1.54, 1.807) is 0 Å². The number of ketones is 1. The zero-order valence-corrected chi connectivity index (χ0v) is 10.1. The molecule has 2 saturated heterocycles. The molecule has 0 radical (unpaired) electrons. The Hall–Kier alpha value is -0.450. The van der Waals surface area contributed by atoms with E-state index in [2.05, 4.69) is 18.7 Å². The second-order valence-electron chi connectivity index (χ2n) is 4.91. The molecule has 0 aliphatic carbocycles. The highest BCUT2D eigenvalue weighted by molar-refractivity contribution is 5.86. The van der Waals surface area contributed by atoms with Gasteiger partial charge in [-0.1, -0.05) is 0 Å². The quantitative estimate of drug-likeness (QED) is 0.711. The third kappa shape index (κ3) is 2.62. The van der Waals surface area contributed by atoms with E-state index in [1.165, 1.54) is 0 Å². The maximum absolute atomic E-state index is 12.1. The molecule has 2 aliphatic heterocycles. The lowest BCUT2D eigenvalue weighted by Gasteiger charge is -2.35. The van der Waals surface area contributed by atoms with Crippen LogP contribution in [0.4, 0.5) is 0 Å². The van der Waals surface area contributed by atoms with Crippen LogP contribution in [0, 0.1) is 5.92 Å². The minimum absolute atomic E-state index is 0.0668. The average Bonchev–Trinajstić information content (AvgIpc) is 2.81. The zero-order valence-electron chi connectivity index (χ0n) is 10.1. The highest BCUT2D eigenvalue weighted by atomic mass is 16.5. The lowest BCUT2D eigenvalue weighted by molar-refractivity contribution is -0.141. The first-order chi connectivity index (χ1) is 7.68. The van der Waals surface area contributed by atoms with E-state index in [1.807, 2.05) is 0 Å². The third-order valence-corrected chi connectivity index (χ3v) is 3.48. The number of ether oxygens (including phenoxy) is 2. The topological polar surface area (TPSA) is 38.8 Å². The van der Waals surface area contributed by atoms with Crippen LogP contribution in [0.2, 0.25) is 0 Å². The van der Waals surface area contributed by atoms with Crippen LogP contribution in [0.25, 0.3) is 0 Å². The summed E-state index contributed by atoms with van der Waals surface area (Å²) in [7, 11) is 0. The van der Waals surface area contributed by atoms with Gasteiger partial charge in [-0.15, -0.1) is 0 Å². The van der Waals surface area contributed by atoms with Gasteiger partial charge in [-0.25, -0.2) is 0 Å². The van der Waals surface area contributed by atoms with Gasteiger partial charge in [0.15, 0.2) is 5.78 Å². The number of carbonyl (C=O) groups excluding carboxylic acids is 1. The molecule has 2 aliphatic rings. The van der Waals surface area contributed by atoms with E-state index >= 15 is 0 Å². The van der Waals surface area contributed by atoms with Gasteiger partial charge in [0.2, 0.25) is 0 Å². The van der Waals surface area contributed by atoms with Crippen molar-refractivity contribution >= 4 is 5.78 Å². The molecule has 0 aromatic rings. The predicted octanol–water partition coefficient (Wildman–Crippen LogP) is 0.701. The maximum atomic E-state index is 12.1. The minimum Gasteiger partial charge on any atom is -0.381 e. The second-order valence-corrected chi connectivity index (χ2v) is 4.91. The molecule has 16 heavy (non-hydrogen) atoms. The number of hydrogen-bond donors (Lipinski definition) is 0. The SMILES string of the molecule is CC(C)N1CCOC(C(=O)C2CCOC2)C1. The van der Waals surface area contributed by atoms with Crippen LogP contribution >= 0.6 is 0 Å². The Bertz CT molecular complexity index is 249. The molecule has 4 nitrogen and oxygen atoms in total. The molecule has 2 atom stereocenters. The van der Waals surface area contributed by atoms with Gasteiger partial charge in [-0.3, -0.25) is 9.69 Å². The largest absolute Gasteiger partial charge is 0.381 e. The minimum atomic E-state index is -0.233. The van der Waals surface area contributed by atoms with Gasteiger partial charge in [0.05, 0.1) is 13.2 Å². The monoisotopic (exact) mass is 227 g/mol. The molecule has 2 unspecified atom stereocenters. The normalized spacial score (nSPS) is 32.2. The first-order valence-corrected chi connectivity index (χ1v) is 6.15. The Labute approximate surface area is 96.9 Å². The number of Topliss-reactive ketones (excluding diaryl/α,β-unsaturated/α-hetero) is 1. The lowest BCUT2D eigenvalue weighted by Crippen LogP contribution is -2.50. The highest BCUT2D eigenvalue weighted by Gasteiger charge is 2.34. The molecule has 0 aromatic carbocycles. The Morgan fingerprint density at radius 1 is 1.38 bits per heavy atom. The van der Waals surface area contributed by atoms with Crippen molar-refractivity contribution in [1.82, 2.24) is 4.90 Å². The first-order valence-electron chi connectivity index (χ1n) is 6.15. The van der Waals surface area contributed by atoms with Gasteiger partial charge < -0.3 is 9.47 Å². The van der Waals surface area contributed by atoms with E-state index in [-0.39, 0.29) is 17.8 Å². The van der Waals surface area contributed by atoms with Crippen molar-refractivity contribution in [2.24, 2.45) is 5.92 Å². The Morgan fingerprint density at radius 3 is 2.81 bits per heavy atom. The molecule has 2 heterocycles. The third-order valence-electron chi connectivity index (χ3n) is 3.48. The molecular weight excluding hydrogens is 206 g/mol. The summed E-state index contributed by atoms with van der Waals surface area (Å²) in [5, 5.41) is 0. The summed E-state index contributed by atoms with van der Waals surface area (Å²) in [5.74, 6) is 0.306. The van der Waals surface area contributed by atoms with Crippen molar-refractivity contribution < 1.29 is 14.3 Å². The highest BCUT2D eigenvalue weighted by Crippen LogP contribution is 2.19. The van der Waals surface area contributed by atoms with Gasteiger partial charge in [0, 0.05) is 31.7 Å². The van der Waals surface area contributed by atoms with Crippen LogP contribution in [0.1, 0.15) is 20.3 Å². The van der Waals surface area contributed by atoms with Crippen LogP contribution < -0.4 is 0 Å². The number of rotatable bonds is 3. The summed E-state index contributed by atoms with van der Waals surface area (Å²) < 4.78 is 10.8. The van der Waals surface area contributed by atoms with E-state index < -0.39 is 0 Å². The fraction of sp³-hybridized carbons (Fsp3) is 0.917. The fourth-order valence-corrected chi connectivity index (χ4v) is 2.33. The van der Waals surface area contributed by atoms with Crippen LogP contribution in [0.5, 0.6) is 0 Å². The summed E-state index contributed by atoms with van der Waals surface area (Å²) in [4.78, 5) is 14.4. The van der Waals surface area contributed by atoms with E-state index in [4.69, 9.17) is 9.47 Å². The van der Waals surface area contributed by atoms with Crippen LogP contribution in [0.15, 0.2) is 0 Å². The second kappa shape index (κ2) is 5.25. The molecular formula is C12H21NO3. The zero-order chi connectivity index (χ0) is 11.5. The van der Waals surface area contributed by atoms with Gasteiger partial charge in [-0.05, 0) is 20.3 Å². The summed E-state index contributed by atoms with van der Waals surface area (Å²) in [6, 6.07) is 0.485. The molecule has 2 fully saturated rings. The predicted molar refractivity (Wildman–Crippen MR) is 60.4 cm³/mol. The van der Waals surface area contributed by atoms with Crippen molar-refractivity contribution in [2.45, 2.75) is 32.4 Å². The lowest BCUT2D eigenvalue weighted by atomic mass is 9.98. The smallest absolute Gasteiger partial charge is 0.168 e.